The lowest BCUT2D eigenvalue weighted by molar-refractivity contribution is -0.130. The second-order valence-electron chi connectivity index (χ2n) is 7.76. The summed E-state index contributed by atoms with van der Waals surface area (Å²) >= 11 is 0. The number of imide groups is 1. The van der Waals surface area contributed by atoms with E-state index in [4.69, 9.17) is 9.26 Å². The summed E-state index contributed by atoms with van der Waals surface area (Å²) < 4.78 is 6.12. The van der Waals surface area contributed by atoms with Crippen LogP contribution < -0.4 is 0 Å². The minimum atomic E-state index is -1.80. The molecule has 132 valence electrons. The Morgan fingerprint density at radius 1 is 1.08 bits per heavy atom. The molecule has 2 rings (SSSR count). The monoisotopic (exact) mass is 349 g/mol. The van der Waals surface area contributed by atoms with Crippen molar-refractivity contribution in [2.75, 3.05) is 6.61 Å². The van der Waals surface area contributed by atoms with Crippen LogP contribution in [0.5, 0.6) is 0 Å². The summed E-state index contributed by atoms with van der Waals surface area (Å²) in [6.07, 6.45) is 0.344. The Hall–Kier alpha value is -1.50. The largest absolute Gasteiger partial charge is 0.417 e. The van der Waals surface area contributed by atoms with Gasteiger partial charge in [-0.1, -0.05) is 32.9 Å². The third kappa shape index (κ3) is 3.76. The van der Waals surface area contributed by atoms with Gasteiger partial charge in [0.15, 0.2) is 8.32 Å². The number of benzene rings is 1. The fourth-order valence-electron chi connectivity index (χ4n) is 2.19. The Morgan fingerprint density at radius 3 is 2.04 bits per heavy atom. The van der Waals surface area contributed by atoms with Crippen LogP contribution >= 0.6 is 0 Å². The quantitative estimate of drug-likeness (QED) is 0.575. The highest BCUT2D eigenvalue weighted by molar-refractivity contribution is 6.74. The lowest BCUT2D eigenvalue weighted by Gasteiger charge is -2.36. The van der Waals surface area contributed by atoms with Crippen LogP contribution in [-0.4, -0.2) is 37.9 Å². The van der Waals surface area contributed by atoms with Gasteiger partial charge in [0.1, 0.15) is 0 Å². The van der Waals surface area contributed by atoms with Crippen LogP contribution in [0.25, 0.3) is 0 Å². The molecule has 0 radical (unpaired) electrons. The van der Waals surface area contributed by atoms with Gasteiger partial charge in [0.25, 0.3) is 11.8 Å². The third-order valence-electron chi connectivity index (χ3n) is 4.84. The summed E-state index contributed by atoms with van der Waals surface area (Å²) in [5.74, 6) is -0.791. The van der Waals surface area contributed by atoms with Crippen molar-refractivity contribution in [1.29, 1.82) is 0 Å². The normalized spacial score (nSPS) is 16.5. The van der Waals surface area contributed by atoms with Gasteiger partial charge in [-0.05, 0) is 43.6 Å². The van der Waals surface area contributed by atoms with Crippen molar-refractivity contribution in [3.8, 4) is 0 Å². The zero-order valence-electron chi connectivity index (χ0n) is 15.4. The summed E-state index contributed by atoms with van der Waals surface area (Å²) in [6.45, 7) is 13.4. The molecule has 5 nitrogen and oxygen atoms in total. The highest BCUT2D eigenvalue weighted by atomic mass is 28.4. The molecule has 1 heterocycles. The molecule has 24 heavy (non-hydrogen) atoms. The molecule has 6 heteroatoms. The van der Waals surface area contributed by atoms with Crippen LogP contribution in [-0.2, 0) is 9.26 Å². The minimum absolute atomic E-state index is 0.152. The number of rotatable bonds is 6. The van der Waals surface area contributed by atoms with E-state index >= 15 is 0 Å². The van der Waals surface area contributed by atoms with Gasteiger partial charge in [-0.3, -0.25) is 14.4 Å². The predicted octanol–water partition coefficient (Wildman–Crippen LogP) is 4.01. The van der Waals surface area contributed by atoms with Crippen LogP contribution in [0.1, 0.15) is 54.8 Å². The van der Waals surface area contributed by atoms with E-state index < -0.39 is 20.1 Å². The molecule has 1 atom stereocenters. The van der Waals surface area contributed by atoms with E-state index in [9.17, 15) is 9.59 Å². The van der Waals surface area contributed by atoms with Gasteiger partial charge >= 0.3 is 0 Å². The third-order valence-corrected chi connectivity index (χ3v) is 9.37. The molecule has 1 aromatic carbocycles. The van der Waals surface area contributed by atoms with Crippen LogP contribution in [0.3, 0.4) is 0 Å². The summed E-state index contributed by atoms with van der Waals surface area (Å²) in [6, 6.07) is 6.77. The first-order chi connectivity index (χ1) is 11.0. The topological polar surface area (TPSA) is 55.8 Å². The van der Waals surface area contributed by atoms with Gasteiger partial charge in [-0.25, -0.2) is 0 Å². The summed E-state index contributed by atoms with van der Waals surface area (Å²) in [7, 11) is -1.80. The maximum Gasteiger partial charge on any atom is 0.285 e. The molecule has 0 aromatic heterocycles. The number of fused-ring (bicyclic) bond motifs is 1. The van der Waals surface area contributed by atoms with Gasteiger partial charge in [0.05, 0.1) is 17.2 Å². The number of nitrogens with zero attached hydrogens (tertiary/aromatic N) is 1. The smallest absolute Gasteiger partial charge is 0.285 e. The fourth-order valence-corrected chi connectivity index (χ4v) is 3.25. The first-order valence-corrected chi connectivity index (χ1v) is 11.2. The lowest BCUT2D eigenvalue weighted by atomic mass is 10.1. The zero-order valence-corrected chi connectivity index (χ0v) is 16.4. The molecular weight excluding hydrogens is 322 g/mol. The summed E-state index contributed by atoms with van der Waals surface area (Å²) in [5.41, 5.74) is 0.791. The minimum Gasteiger partial charge on any atom is -0.417 e. The molecule has 1 aromatic rings. The molecule has 2 amide bonds. The zero-order chi connectivity index (χ0) is 18.1. The standard InChI is InChI=1S/C18H27NO4Si/c1-13(11-12-22-24(5,6)18(2,3)4)23-19-16(20)14-9-7-8-10-15(14)17(19)21/h7-10,13H,11-12H2,1-6H3. The second kappa shape index (κ2) is 6.78. The van der Waals surface area contributed by atoms with Crippen molar-refractivity contribution in [2.24, 2.45) is 0 Å². The molecule has 1 aliphatic heterocycles. The number of hydrogen-bond acceptors (Lipinski definition) is 4. The molecular formula is C18H27NO4Si. The van der Waals surface area contributed by atoms with E-state index in [-0.39, 0.29) is 11.1 Å². The Morgan fingerprint density at radius 2 is 1.58 bits per heavy atom. The molecule has 0 aliphatic carbocycles. The number of carbonyl (C=O) groups is 2. The van der Waals surface area contributed by atoms with E-state index in [1.807, 2.05) is 6.92 Å². The molecule has 0 fully saturated rings. The van der Waals surface area contributed by atoms with Crippen molar-refractivity contribution < 1.29 is 18.9 Å². The van der Waals surface area contributed by atoms with Gasteiger partial charge in [0.2, 0.25) is 0 Å². The predicted molar refractivity (Wildman–Crippen MR) is 95.3 cm³/mol. The van der Waals surface area contributed by atoms with Crippen molar-refractivity contribution in [2.45, 2.75) is 58.4 Å². The Kier molecular flexibility index (Phi) is 5.32. The molecule has 0 saturated heterocycles. The average molecular weight is 350 g/mol. The fraction of sp³-hybridized carbons (Fsp3) is 0.556. The second-order valence-corrected chi connectivity index (χ2v) is 12.6. The van der Waals surface area contributed by atoms with Crippen LogP contribution in [0.4, 0.5) is 0 Å². The SMILES string of the molecule is CC(CCO[Si](C)(C)C(C)(C)C)ON1C(=O)c2ccccc2C1=O. The number of hydroxylamine groups is 2. The van der Waals surface area contributed by atoms with E-state index in [0.29, 0.717) is 24.2 Å². The molecule has 0 saturated carbocycles. The highest BCUT2D eigenvalue weighted by Gasteiger charge is 2.38. The van der Waals surface area contributed by atoms with Gasteiger partial charge in [-0.2, -0.15) is 0 Å². The van der Waals surface area contributed by atoms with Crippen molar-refractivity contribution in [1.82, 2.24) is 5.06 Å². The van der Waals surface area contributed by atoms with Crippen molar-refractivity contribution in [3.05, 3.63) is 35.4 Å². The summed E-state index contributed by atoms with van der Waals surface area (Å²) in [5, 5.41) is 1.03. The first-order valence-electron chi connectivity index (χ1n) is 8.33. The van der Waals surface area contributed by atoms with E-state index in [0.717, 1.165) is 5.06 Å². The first kappa shape index (κ1) is 18.8. The average Bonchev–Trinajstić information content (AvgIpc) is 2.71. The van der Waals surface area contributed by atoms with E-state index in [2.05, 4.69) is 33.9 Å². The molecule has 1 aliphatic rings. The van der Waals surface area contributed by atoms with E-state index in [1.165, 1.54) is 0 Å². The highest BCUT2D eigenvalue weighted by Crippen LogP contribution is 2.36. The number of hydrogen-bond donors (Lipinski definition) is 0. The van der Waals surface area contributed by atoms with E-state index in [1.54, 1.807) is 24.3 Å². The number of carbonyl (C=O) groups excluding carboxylic acids is 2. The van der Waals surface area contributed by atoms with Gasteiger partial charge in [0, 0.05) is 6.61 Å². The van der Waals surface area contributed by atoms with Gasteiger partial charge in [-0.15, -0.1) is 5.06 Å². The molecule has 0 N–H and O–H groups in total. The molecule has 0 bridgehead atoms. The van der Waals surface area contributed by atoms with Crippen LogP contribution in [0.15, 0.2) is 24.3 Å². The lowest BCUT2D eigenvalue weighted by Crippen LogP contribution is -2.41. The molecule has 1 unspecified atom stereocenters. The van der Waals surface area contributed by atoms with Crippen molar-refractivity contribution in [3.63, 3.8) is 0 Å². The Balaban J connectivity index is 1.89. The van der Waals surface area contributed by atoms with Crippen LogP contribution in [0.2, 0.25) is 18.1 Å². The van der Waals surface area contributed by atoms with Crippen molar-refractivity contribution >= 4 is 20.1 Å². The maximum absolute atomic E-state index is 12.3. The number of amides is 2. The Bertz CT molecular complexity index is 601. The van der Waals surface area contributed by atoms with Gasteiger partial charge < -0.3 is 4.43 Å². The van der Waals surface area contributed by atoms with Crippen LogP contribution in [0, 0.1) is 0 Å². The maximum atomic E-state index is 12.3. The molecule has 0 spiro atoms. The Labute approximate surface area is 145 Å². The summed E-state index contributed by atoms with van der Waals surface area (Å²) in [4.78, 5) is 30.1.